The summed E-state index contributed by atoms with van der Waals surface area (Å²) in [6.45, 7) is 7.54. The van der Waals surface area contributed by atoms with E-state index in [0.29, 0.717) is 76.0 Å². The van der Waals surface area contributed by atoms with Crippen LogP contribution < -0.4 is 20.7 Å². The zero-order valence-electron chi connectivity index (χ0n) is 28.3. The number of hydrogen-bond donors (Lipinski definition) is 3. The highest BCUT2D eigenvalue weighted by Gasteiger charge is 2.37. The van der Waals surface area contributed by atoms with Crippen LogP contribution in [-0.2, 0) is 36.1 Å². The minimum atomic E-state index is -0.349. The number of methoxy groups -OCH3 is 1. The Kier molecular flexibility index (Phi) is 9.82. The molecule has 0 saturated carbocycles. The molecule has 0 radical (unpaired) electrons. The number of imidazole rings is 1. The maximum absolute atomic E-state index is 13.6. The molecule has 50 heavy (non-hydrogen) atoms. The topological polar surface area (TPSA) is 136 Å². The number of carbonyl (C=O) groups is 2. The van der Waals surface area contributed by atoms with Gasteiger partial charge in [-0.15, -0.1) is 0 Å². The van der Waals surface area contributed by atoms with Crippen molar-refractivity contribution < 1.29 is 19.1 Å². The average Bonchev–Trinajstić information content (AvgIpc) is 3.67. The summed E-state index contributed by atoms with van der Waals surface area (Å²) in [5, 5.41) is 9.97. The molecular weight excluding hydrogens is 679 g/mol. The minimum absolute atomic E-state index is 0.0894. The van der Waals surface area contributed by atoms with E-state index < -0.39 is 0 Å². The van der Waals surface area contributed by atoms with Crippen LogP contribution in [0.3, 0.4) is 0 Å². The molecule has 7 rings (SSSR count). The van der Waals surface area contributed by atoms with Gasteiger partial charge in [0, 0.05) is 92.7 Å². The molecular formula is C36H40Cl2N8O4. The molecule has 12 nitrogen and oxygen atoms in total. The summed E-state index contributed by atoms with van der Waals surface area (Å²) < 4.78 is 12.9. The predicted molar refractivity (Wildman–Crippen MR) is 191 cm³/mol. The van der Waals surface area contributed by atoms with Crippen LogP contribution in [-0.4, -0.2) is 82.2 Å². The van der Waals surface area contributed by atoms with Crippen molar-refractivity contribution in [1.29, 1.82) is 0 Å². The maximum atomic E-state index is 13.6. The smallest absolute Gasteiger partial charge is 0.291 e. The van der Waals surface area contributed by atoms with Gasteiger partial charge in [0.25, 0.3) is 5.91 Å². The molecule has 14 heteroatoms. The molecule has 4 aromatic rings. The van der Waals surface area contributed by atoms with Gasteiger partial charge in [-0.1, -0.05) is 48.3 Å². The van der Waals surface area contributed by atoms with E-state index in [1.54, 1.807) is 31.5 Å². The van der Waals surface area contributed by atoms with Gasteiger partial charge < -0.3 is 30.0 Å². The van der Waals surface area contributed by atoms with E-state index in [1.165, 1.54) is 0 Å². The molecule has 0 aliphatic carbocycles. The minimum Gasteiger partial charge on any atom is -0.481 e. The molecule has 1 aromatic carbocycles. The van der Waals surface area contributed by atoms with Gasteiger partial charge in [-0.05, 0) is 24.6 Å². The Morgan fingerprint density at radius 3 is 2.70 bits per heavy atom. The van der Waals surface area contributed by atoms with Gasteiger partial charge in [0.05, 0.1) is 53.1 Å². The molecule has 2 amide bonds. The predicted octanol–water partition coefficient (Wildman–Crippen LogP) is 4.87. The van der Waals surface area contributed by atoms with Crippen molar-refractivity contribution in [2.75, 3.05) is 45.3 Å². The Morgan fingerprint density at radius 1 is 1.12 bits per heavy atom. The lowest BCUT2D eigenvalue weighted by atomic mass is 9.87. The molecule has 0 spiro atoms. The first kappa shape index (κ1) is 34.4. The summed E-state index contributed by atoms with van der Waals surface area (Å²) >= 11 is 13.9. The molecule has 3 N–H and O–H groups in total. The van der Waals surface area contributed by atoms with Crippen LogP contribution >= 0.6 is 23.2 Å². The van der Waals surface area contributed by atoms with E-state index in [4.69, 9.17) is 42.6 Å². The number of fused-ring (bicyclic) bond motifs is 1. The van der Waals surface area contributed by atoms with Crippen molar-refractivity contribution in [3.05, 3.63) is 75.4 Å². The molecule has 0 bridgehead atoms. The summed E-state index contributed by atoms with van der Waals surface area (Å²) in [5.41, 5.74) is 5.74. The van der Waals surface area contributed by atoms with E-state index in [2.05, 4.69) is 32.8 Å². The normalized spacial score (nSPS) is 18.3. The number of nitrogens with zero attached hydrogens (tertiary/aromatic N) is 5. The number of rotatable bonds is 11. The van der Waals surface area contributed by atoms with Crippen LogP contribution in [0.2, 0.25) is 10.0 Å². The van der Waals surface area contributed by atoms with Crippen LogP contribution in [0, 0.1) is 5.41 Å². The van der Waals surface area contributed by atoms with Gasteiger partial charge in [-0.3, -0.25) is 19.5 Å². The molecule has 3 aliphatic heterocycles. The van der Waals surface area contributed by atoms with Crippen molar-refractivity contribution in [1.82, 2.24) is 35.1 Å². The van der Waals surface area contributed by atoms with Crippen molar-refractivity contribution in [3.63, 3.8) is 0 Å². The van der Waals surface area contributed by atoms with Crippen LogP contribution in [0.25, 0.3) is 22.5 Å². The number of ether oxygens (including phenoxy) is 2. The number of benzene rings is 1. The van der Waals surface area contributed by atoms with E-state index in [0.717, 1.165) is 56.1 Å². The number of halogens is 2. The SMILES string of the molecule is COc1nc(-c2ccnc(-c3cccc(NC(=O)c4nc5c(n4C)CCN(CC4(C)COC4)C5)c3Cl)c2Cl)ccc1CNCC1CCC(=O)N1. The first-order chi connectivity index (χ1) is 24.1. The quantitative estimate of drug-likeness (QED) is 0.198. The Hall–Kier alpha value is -4.07. The van der Waals surface area contributed by atoms with Crippen LogP contribution in [0.4, 0.5) is 5.69 Å². The van der Waals surface area contributed by atoms with Crippen molar-refractivity contribution in [2.45, 2.75) is 45.3 Å². The third-order valence-corrected chi connectivity index (χ3v) is 10.4. The van der Waals surface area contributed by atoms with Gasteiger partial charge >= 0.3 is 0 Å². The molecule has 262 valence electrons. The number of hydrogen-bond acceptors (Lipinski definition) is 9. The third-order valence-electron chi connectivity index (χ3n) is 9.64. The van der Waals surface area contributed by atoms with E-state index in [-0.39, 0.29) is 23.3 Å². The van der Waals surface area contributed by atoms with Gasteiger partial charge in [0.1, 0.15) is 0 Å². The highest BCUT2D eigenvalue weighted by Crippen LogP contribution is 2.40. The Balaban J connectivity index is 1.07. The van der Waals surface area contributed by atoms with Crippen molar-refractivity contribution in [3.8, 4) is 28.4 Å². The molecule has 2 fully saturated rings. The molecule has 2 saturated heterocycles. The molecule has 3 aliphatic rings. The lowest BCUT2D eigenvalue weighted by Crippen LogP contribution is -2.49. The van der Waals surface area contributed by atoms with E-state index >= 15 is 0 Å². The van der Waals surface area contributed by atoms with Crippen LogP contribution in [0.1, 0.15) is 47.3 Å². The number of anilines is 1. The van der Waals surface area contributed by atoms with Crippen molar-refractivity contribution in [2.24, 2.45) is 12.5 Å². The van der Waals surface area contributed by atoms with Gasteiger partial charge in [0.15, 0.2) is 5.82 Å². The number of carbonyl (C=O) groups excluding carboxylic acids is 2. The zero-order valence-corrected chi connectivity index (χ0v) is 29.8. The fourth-order valence-corrected chi connectivity index (χ4v) is 7.54. The number of pyridine rings is 2. The number of aromatic nitrogens is 4. The first-order valence-corrected chi connectivity index (χ1v) is 17.5. The second-order valence-electron chi connectivity index (χ2n) is 13.6. The third kappa shape index (κ3) is 6.95. The van der Waals surface area contributed by atoms with Gasteiger partial charge in [-0.2, -0.15) is 0 Å². The molecule has 1 unspecified atom stereocenters. The monoisotopic (exact) mass is 718 g/mol. The van der Waals surface area contributed by atoms with E-state index in [9.17, 15) is 9.59 Å². The van der Waals surface area contributed by atoms with Gasteiger partial charge in [0.2, 0.25) is 11.8 Å². The Bertz CT molecular complexity index is 1950. The van der Waals surface area contributed by atoms with Crippen LogP contribution in [0.5, 0.6) is 5.88 Å². The zero-order chi connectivity index (χ0) is 35.0. The maximum Gasteiger partial charge on any atom is 0.291 e. The van der Waals surface area contributed by atoms with E-state index in [1.807, 2.05) is 29.8 Å². The molecule has 1 atom stereocenters. The lowest BCUT2D eigenvalue weighted by Gasteiger charge is -2.42. The fourth-order valence-electron chi connectivity index (χ4n) is 6.96. The van der Waals surface area contributed by atoms with Crippen molar-refractivity contribution >= 4 is 40.7 Å². The first-order valence-electron chi connectivity index (χ1n) is 16.8. The highest BCUT2D eigenvalue weighted by atomic mass is 35.5. The summed E-state index contributed by atoms with van der Waals surface area (Å²) in [6, 6.07) is 11.1. The Morgan fingerprint density at radius 2 is 1.96 bits per heavy atom. The fraction of sp³-hybridized carbons (Fsp3) is 0.417. The summed E-state index contributed by atoms with van der Waals surface area (Å²) in [6.07, 6.45) is 3.86. The highest BCUT2D eigenvalue weighted by molar-refractivity contribution is 6.39. The average molecular weight is 720 g/mol. The summed E-state index contributed by atoms with van der Waals surface area (Å²) in [7, 11) is 3.46. The van der Waals surface area contributed by atoms with Gasteiger partial charge in [-0.25, -0.2) is 9.97 Å². The number of amides is 2. The molecule has 3 aromatic heterocycles. The van der Waals surface area contributed by atoms with Crippen LogP contribution in [0.15, 0.2) is 42.6 Å². The standard InChI is InChI=1S/C36H40Cl2N8O4/c1-36(19-50-20-36)18-46-14-12-28-27(17-46)42-33(45(28)2)34(48)43-26-6-4-5-24(30(26)37)32-31(38)23(11-13-40-32)25-9-7-21(35(44-25)49-3)15-39-16-22-8-10-29(47)41-22/h4-7,9,11,13,22,39H,8,10,12,14-20H2,1-3H3,(H,41,47)(H,43,48). The second kappa shape index (κ2) is 14.3. The largest absolute Gasteiger partial charge is 0.481 e. The number of nitrogens with one attached hydrogen (secondary N) is 3. The second-order valence-corrected chi connectivity index (χ2v) is 14.3. The summed E-state index contributed by atoms with van der Waals surface area (Å²) in [4.78, 5) is 41.6. The Labute approximate surface area is 300 Å². The summed E-state index contributed by atoms with van der Waals surface area (Å²) in [5.74, 6) is 0.539. The molecule has 6 heterocycles. The lowest BCUT2D eigenvalue weighted by molar-refractivity contribution is -0.119.